The quantitative estimate of drug-likeness (QED) is 0.618. The van der Waals surface area contributed by atoms with E-state index in [-0.39, 0.29) is 0 Å². The van der Waals surface area contributed by atoms with E-state index in [1.807, 2.05) is 0 Å². The lowest BCUT2D eigenvalue weighted by Crippen LogP contribution is -2.30. The first-order chi connectivity index (χ1) is 9.75. The van der Waals surface area contributed by atoms with E-state index in [1.165, 1.54) is 22.3 Å². The van der Waals surface area contributed by atoms with Crippen molar-refractivity contribution in [2.45, 2.75) is 13.3 Å². The Morgan fingerprint density at radius 1 is 1.20 bits per heavy atom. The van der Waals surface area contributed by atoms with Crippen molar-refractivity contribution in [2.75, 3.05) is 0 Å². The molecule has 3 aromatic rings. The number of imidazole rings is 1. The molecule has 3 heteroatoms. The van der Waals surface area contributed by atoms with Crippen LogP contribution in [-0.2, 0) is 13.5 Å². The van der Waals surface area contributed by atoms with Crippen LogP contribution in [0.4, 0.5) is 0 Å². The summed E-state index contributed by atoms with van der Waals surface area (Å²) < 4.78 is 4.39. The number of nitrogens with zero attached hydrogens (tertiary/aromatic N) is 3. The summed E-state index contributed by atoms with van der Waals surface area (Å²) in [5.41, 5.74) is 6.07. The highest BCUT2D eigenvalue weighted by Crippen LogP contribution is 2.32. The van der Waals surface area contributed by atoms with Crippen LogP contribution in [0.2, 0.25) is 0 Å². The fraction of sp³-hybridized carbons (Fsp3) is 0.176. The summed E-state index contributed by atoms with van der Waals surface area (Å²) in [5, 5.41) is 0. The van der Waals surface area contributed by atoms with Crippen molar-refractivity contribution in [3.05, 3.63) is 54.0 Å². The first-order valence-corrected chi connectivity index (χ1v) is 6.88. The zero-order valence-corrected chi connectivity index (χ0v) is 11.7. The van der Waals surface area contributed by atoms with E-state index in [4.69, 9.17) is 4.98 Å². The predicted octanol–water partition coefficient (Wildman–Crippen LogP) is 2.86. The molecule has 0 aliphatic carbocycles. The monoisotopic (exact) mass is 262 g/mol. The molecule has 4 rings (SSSR count). The van der Waals surface area contributed by atoms with Crippen molar-refractivity contribution in [1.82, 2.24) is 9.55 Å². The Morgan fingerprint density at radius 3 is 2.95 bits per heavy atom. The maximum atomic E-state index is 4.74. The first-order valence-electron chi connectivity index (χ1n) is 6.88. The lowest BCUT2D eigenvalue weighted by atomic mass is 10.0. The predicted molar refractivity (Wildman–Crippen MR) is 80.1 cm³/mol. The van der Waals surface area contributed by atoms with Crippen LogP contribution in [0.15, 0.2) is 42.6 Å². The molecule has 0 saturated heterocycles. The lowest BCUT2D eigenvalue weighted by molar-refractivity contribution is -0.660. The summed E-state index contributed by atoms with van der Waals surface area (Å²) >= 11 is 0. The second-order valence-electron chi connectivity index (χ2n) is 5.31. The Morgan fingerprint density at radius 2 is 2.10 bits per heavy atom. The number of aromatic nitrogens is 3. The first kappa shape index (κ1) is 11.4. The van der Waals surface area contributed by atoms with Gasteiger partial charge in [0.1, 0.15) is 12.9 Å². The normalized spacial score (nSPS) is 13.1. The van der Waals surface area contributed by atoms with Crippen molar-refractivity contribution in [3.63, 3.8) is 0 Å². The van der Waals surface area contributed by atoms with Gasteiger partial charge in [0.15, 0.2) is 6.20 Å². The average molecular weight is 262 g/mol. The molecule has 1 aliphatic heterocycles. The van der Waals surface area contributed by atoms with Crippen LogP contribution in [0.3, 0.4) is 0 Å². The summed E-state index contributed by atoms with van der Waals surface area (Å²) in [7, 11) is 2.09. The van der Waals surface area contributed by atoms with Gasteiger partial charge < -0.3 is 4.57 Å². The molecule has 0 saturated carbocycles. The van der Waals surface area contributed by atoms with Gasteiger partial charge in [-0.1, -0.05) is 12.1 Å². The minimum absolute atomic E-state index is 0.925. The van der Waals surface area contributed by atoms with Crippen LogP contribution in [0, 0.1) is 6.92 Å². The van der Waals surface area contributed by atoms with Crippen LogP contribution in [0.5, 0.6) is 0 Å². The zero-order valence-electron chi connectivity index (χ0n) is 11.7. The van der Waals surface area contributed by atoms with Crippen molar-refractivity contribution in [1.29, 1.82) is 0 Å². The van der Waals surface area contributed by atoms with Gasteiger partial charge in [-0.2, -0.15) is 0 Å². The number of aryl methyl sites for hydroxylation is 2. The standard InChI is InChI=1S/C17H16N3/c1-12-8-9-13-17(20-11-5-7-15(20)18-13)16(12)14-6-3-4-10-19(14)2/h3-6,8-11H,7H2,1-2H3/q+1. The molecule has 0 N–H and O–H groups in total. The van der Waals surface area contributed by atoms with E-state index >= 15 is 0 Å². The fourth-order valence-corrected chi connectivity index (χ4v) is 3.01. The number of pyridine rings is 1. The van der Waals surface area contributed by atoms with Gasteiger partial charge in [-0.3, -0.25) is 0 Å². The molecule has 0 fully saturated rings. The Labute approximate surface area is 117 Å². The van der Waals surface area contributed by atoms with Crippen LogP contribution >= 0.6 is 0 Å². The van der Waals surface area contributed by atoms with E-state index in [1.54, 1.807) is 0 Å². The number of hydrogen-bond acceptors (Lipinski definition) is 1. The van der Waals surface area contributed by atoms with Gasteiger partial charge in [-0.25, -0.2) is 9.55 Å². The molecule has 0 radical (unpaired) electrons. The average Bonchev–Trinajstić information content (AvgIpc) is 3.01. The lowest BCUT2D eigenvalue weighted by Gasteiger charge is -2.07. The van der Waals surface area contributed by atoms with Gasteiger partial charge in [0, 0.05) is 24.8 Å². The highest BCUT2D eigenvalue weighted by molar-refractivity contribution is 5.94. The topological polar surface area (TPSA) is 21.7 Å². The highest BCUT2D eigenvalue weighted by Gasteiger charge is 2.21. The molecule has 1 aliphatic rings. The number of hydrogen-bond donors (Lipinski definition) is 0. The maximum absolute atomic E-state index is 4.74. The van der Waals surface area contributed by atoms with E-state index < -0.39 is 0 Å². The van der Waals surface area contributed by atoms with Gasteiger partial charge in [-0.05, 0) is 24.6 Å². The minimum Gasteiger partial charge on any atom is -0.302 e. The number of benzene rings is 1. The number of rotatable bonds is 1. The molecule has 0 atom stereocenters. The summed E-state index contributed by atoms with van der Waals surface area (Å²) in [6.07, 6.45) is 7.31. The Balaban J connectivity index is 2.16. The van der Waals surface area contributed by atoms with Crippen molar-refractivity contribution >= 4 is 17.2 Å². The summed E-state index contributed by atoms with van der Waals surface area (Å²) in [6, 6.07) is 10.6. The molecule has 3 heterocycles. The molecular formula is C17H16N3+. The third-order valence-corrected chi connectivity index (χ3v) is 4.00. The largest absolute Gasteiger partial charge is 0.302 e. The van der Waals surface area contributed by atoms with Gasteiger partial charge in [0.2, 0.25) is 5.69 Å². The Kier molecular flexibility index (Phi) is 2.30. The minimum atomic E-state index is 0.925. The Hall–Kier alpha value is -2.42. The molecule has 2 aromatic heterocycles. The van der Waals surface area contributed by atoms with Crippen molar-refractivity contribution in [3.8, 4) is 11.3 Å². The third-order valence-electron chi connectivity index (χ3n) is 4.00. The summed E-state index contributed by atoms with van der Waals surface area (Å²) in [5.74, 6) is 1.13. The molecule has 3 nitrogen and oxygen atoms in total. The summed E-state index contributed by atoms with van der Waals surface area (Å²) in [4.78, 5) is 4.74. The number of allylic oxidation sites excluding steroid dienone is 1. The van der Waals surface area contributed by atoms with Gasteiger partial charge in [0.05, 0.1) is 16.6 Å². The second kappa shape index (κ2) is 4.04. The van der Waals surface area contributed by atoms with Gasteiger partial charge in [0.25, 0.3) is 0 Å². The van der Waals surface area contributed by atoms with E-state index in [2.05, 4.69) is 71.9 Å². The van der Waals surface area contributed by atoms with Crippen molar-refractivity contribution < 1.29 is 4.57 Å². The summed E-state index contributed by atoms with van der Waals surface area (Å²) in [6.45, 7) is 2.17. The molecule has 20 heavy (non-hydrogen) atoms. The van der Waals surface area contributed by atoms with E-state index in [0.29, 0.717) is 0 Å². The van der Waals surface area contributed by atoms with Crippen LogP contribution in [0.1, 0.15) is 11.4 Å². The second-order valence-corrected chi connectivity index (χ2v) is 5.31. The maximum Gasteiger partial charge on any atom is 0.214 e. The van der Waals surface area contributed by atoms with Gasteiger partial charge in [-0.15, -0.1) is 0 Å². The molecule has 1 aromatic carbocycles. The molecule has 0 unspecified atom stereocenters. The molecule has 0 amide bonds. The third kappa shape index (κ3) is 1.46. The van der Waals surface area contributed by atoms with E-state index in [9.17, 15) is 0 Å². The molecular weight excluding hydrogens is 246 g/mol. The highest BCUT2D eigenvalue weighted by atomic mass is 15.1. The molecule has 0 spiro atoms. The fourth-order valence-electron chi connectivity index (χ4n) is 3.01. The molecule has 98 valence electrons. The van der Waals surface area contributed by atoms with E-state index in [0.717, 1.165) is 17.8 Å². The zero-order chi connectivity index (χ0) is 13.7. The number of fused-ring (bicyclic) bond motifs is 3. The van der Waals surface area contributed by atoms with Crippen LogP contribution in [-0.4, -0.2) is 9.55 Å². The van der Waals surface area contributed by atoms with Crippen LogP contribution < -0.4 is 4.57 Å². The Bertz CT molecular complexity index is 856. The smallest absolute Gasteiger partial charge is 0.214 e. The molecule has 0 bridgehead atoms. The van der Waals surface area contributed by atoms with Crippen LogP contribution in [0.25, 0.3) is 28.5 Å². The SMILES string of the molecule is Cc1ccc2nc3n(c2c1-c1cccc[n+]1C)C=CC3. The van der Waals surface area contributed by atoms with Crippen molar-refractivity contribution in [2.24, 2.45) is 7.05 Å². The van der Waals surface area contributed by atoms with Gasteiger partial charge >= 0.3 is 0 Å².